The molecule has 1 aromatic carbocycles. The van der Waals surface area contributed by atoms with Crippen LogP contribution in [0.4, 0.5) is 4.39 Å². The van der Waals surface area contributed by atoms with Crippen molar-refractivity contribution in [1.29, 1.82) is 5.26 Å². The van der Waals surface area contributed by atoms with Crippen molar-refractivity contribution in [3.8, 4) is 6.07 Å². The summed E-state index contributed by atoms with van der Waals surface area (Å²) >= 11 is 3.14. The normalized spacial score (nSPS) is 11.2. The lowest BCUT2D eigenvalue weighted by Crippen LogP contribution is -2.27. The van der Waals surface area contributed by atoms with E-state index in [1.165, 1.54) is 6.07 Å². The van der Waals surface area contributed by atoms with E-state index in [0.29, 0.717) is 17.6 Å². The average molecular weight is 285 g/mol. The maximum absolute atomic E-state index is 13.0. The summed E-state index contributed by atoms with van der Waals surface area (Å²) in [6.07, 6.45) is 0. The fourth-order valence-electron chi connectivity index (χ4n) is 1.21. The first-order chi connectivity index (χ1) is 7.44. The Balaban J connectivity index is 2.50. The lowest BCUT2D eigenvalue weighted by Gasteiger charge is -2.15. The van der Waals surface area contributed by atoms with Gasteiger partial charge in [0.05, 0.1) is 16.0 Å². The minimum absolute atomic E-state index is 0.263. The van der Waals surface area contributed by atoms with Gasteiger partial charge in [0.2, 0.25) is 0 Å². The Morgan fingerprint density at radius 1 is 1.50 bits per heavy atom. The second-order valence-electron chi connectivity index (χ2n) is 4.35. The number of benzene rings is 1. The van der Waals surface area contributed by atoms with Crippen LogP contribution in [-0.4, -0.2) is 6.54 Å². The molecule has 2 nitrogen and oxygen atoms in total. The first-order valence-electron chi connectivity index (χ1n) is 5.00. The highest BCUT2D eigenvalue weighted by atomic mass is 79.9. The zero-order valence-corrected chi connectivity index (χ0v) is 10.9. The molecule has 0 heterocycles. The highest BCUT2D eigenvalue weighted by Crippen LogP contribution is 2.17. The van der Waals surface area contributed by atoms with Crippen molar-refractivity contribution in [1.82, 2.24) is 5.32 Å². The summed E-state index contributed by atoms with van der Waals surface area (Å²) in [6.45, 7) is 4.99. The molecule has 0 aliphatic rings. The Labute approximate surface area is 104 Å². The first-order valence-corrected chi connectivity index (χ1v) is 5.80. The fourth-order valence-corrected chi connectivity index (χ4v) is 1.63. The van der Waals surface area contributed by atoms with Gasteiger partial charge in [-0.05, 0) is 47.5 Å². The smallest absolute Gasteiger partial charge is 0.137 e. The molecule has 16 heavy (non-hydrogen) atoms. The molecule has 0 aliphatic carbocycles. The van der Waals surface area contributed by atoms with Crippen LogP contribution in [0.25, 0.3) is 0 Å². The van der Waals surface area contributed by atoms with E-state index in [-0.39, 0.29) is 11.2 Å². The predicted octanol–water partition coefficient (Wildman–Crippen LogP) is 3.23. The van der Waals surface area contributed by atoms with E-state index in [2.05, 4.69) is 27.3 Å². The highest BCUT2D eigenvalue weighted by molar-refractivity contribution is 9.10. The van der Waals surface area contributed by atoms with Gasteiger partial charge >= 0.3 is 0 Å². The molecule has 0 spiro atoms. The molecule has 0 radical (unpaired) electrons. The Morgan fingerprint density at radius 2 is 2.19 bits per heavy atom. The number of nitrogens with one attached hydrogen (secondary N) is 1. The quantitative estimate of drug-likeness (QED) is 0.922. The summed E-state index contributed by atoms with van der Waals surface area (Å²) in [7, 11) is 0. The molecular formula is C12H14BrFN2. The second-order valence-corrected chi connectivity index (χ2v) is 5.20. The molecule has 1 N–H and O–H groups in total. The van der Waals surface area contributed by atoms with Gasteiger partial charge in [0.1, 0.15) is 5.82 Å². The van der Waals surface area contributed by atoms with Crippen LogP contribution in [0.2, 0.25) is 0 Å². The monoisotopic (exact) mass is 284 g/mol. The van der Waals surface area contributed by atoms with Gasteiger partial charge in [0.25, 0.3) is 0 Å². The van der Waals surface area contributed by atoms with Gasteiger partial charge in [0, 0.05) is 13.1 Å². The first kappa shape index (κ1) is 13.1. The van der Waals surface area contributed by atoms with E-state index in [4.69, 9.17) is 5.26 Å². The molecule has 86 valence electrons. The van der Waals surface area contributed by atoms with E-state index in [1.807, 2.05) is 13.8 Å². The van der Waals surface area contributed by atoms with Crippen LogP contribution in [0.1, 0.15) is 19.4 Å². The summed E-state index contributed by atoms with van der Waals surface area (Å²) in [5.74, 6) is -0.263. The number of rotatable bonds is 4. The van der Waals surface area contributed by atoms with Gasteiger partial charge in [0.15, 0.2) is 0 Å². The Hall–Kier alpha value is -0.920. The topological polar surface area (TPSA) is 35.8 Å². The molecule has 0 unspecified atom stereocenters. The molecule has 4 heteroatoms. The standard InChI is InChI=1S/C12H14BrFN2/c1-12(2,7-15)8-16-6-9-3-4-11(14)10(13)5-9/h3-5,16H,6,8H2,1-2H3. The van der Waals surface area contributed by atoms with Gasteiger partial charge < -0.3 is 5.32 Å². The zero-order valence-electron chi connectivity index (χ0n) is 9.35. The Bertz CT molecular complexity index is 410. The number of hydrogen-bond acceptors (Lipinski definition) is 2. The number of halogens is 2. The van der Waals surface area contributed by atoms with E-state index in [1.54, 1.807) is 12.1 Å². The van der Waals surface area contributed by atoms with Gasteiger partial charge in [-0.2, -0.15) is 5.26 Å². The molecule has 0 amide bonds. The summed E-state index contributed by atoms with van der Waals surface area (Å²) in [5.41, 5.74) is 0.610. The molecule has 0 aromatic heterocycles. The van der Waals surface area contributed by atoms with E-state index < -0.39 is 0 Å². The average Bonchev–Trinajstić information content (AvgIpc) is 2.23. The van der Waals surface area contributed by atoms with Crippen LogP contribution in [0.15, 0.2) is 22.7 Å². The highest BCUT2D eigenvalue weighted by Gasteiger charge is 2.15. The molecule has 0 fully saturated rings. The summed E-state index contributed by atoms with van der Waals surface area (Å²) in [6, 6.07) is 7.11. The Morgan fingerprint density at radius 3 is 2.75 bits per heavy atom. The van der Waals surface area contributed by atoms with E-state index in [9.17, 15) is 4.39 Å². The van der Waals surface area contributed by atoms with Crippen molar-refractivity contribution in [3.63, 3.8) is 0 Å². The summed E-state index contributed by atoms with van der Waals surface area (Å²) in [4.78, 5) is 0. The maximum atomic E-state index is 13.0. The number of nitrogens with zero attached hydrogens (tertiary/aromatic N) is 1. The van der Waals surface area contributed by atoms with Crippen LogP contribution in [0.5, 0.6) is 0 Å². The van der Waals surface area contributed by atoms with Crippen LogP contribution >= 0.6 is 15.9 Å². The second kappa shape index (κ2) is 5.42. The van der Waals surface area contributed by atoms with Crippen LogP contribution < -0.4 is 5.32 Å². The van der Waals surface area contributed by atoms with Gasteiger partial charge in [-0.25, -0.2) is 4.39 Å². The van der Waals surface area contributed by atoms with E-state index in [0.717, 1.165) is 5.56 Å². The van der Waals surface area contributed by atoms with Crippen LogP contribution in [-0.2, 0) is 6.54 Å². The SMILES string of the molecule is CC(C)(C#N)CNCc1ccc(F)c(Br)c1. The van der Waals surface area contributed by atoms with E-state index >= 15 is 0 Å². The molecular weight excluding hydrogens is 271 g/mol. The lowest BCUT2D eigenvalue weighted by molar-refractivity contribution is 0.445. The van der Waals surface area contributed by atoms with Crippen molar-refractivity contribution in [2.24, 2.45) is 5.41 Å². The zero-order chi connectivity index (χ0) is 12.2. The predicted molar refractivity (Wildman–Crippen MR) is 65.2 cm³/mol. The van der Waals surface area contributed by atoms with Crippen molar-refractivity contribution < 1.29 is 4.39 Å². The van der Waals surface area contributed by atoms with Gasteiger partial charge in [-0.3, -0.25) is 0 Å². The molecule has 1 aromatic rings. The molecule has 1 rings (SSSR count). The summed E-state index contributed by atoms with van der Waals surface area (Å²) in [5, 5.41) is 12.0. The molecule has 0 atom stereocenters. The third-order valence-corrected chi connectivity index (χ3v) is 2.79. The Kier molecular flexibility index (Phi) is 4.45. The minimum Gasteiger partial charge on any atom is -0.311 e. The summed E-state index contributed by atoms with van der Waals surface area (Å²) < 4.78 is 13.4. The molecule has 0 bridgehead atoms. The number of nitriles is 1. The largest absolute Gasteiger partial charge is 0.311 e. The molecule has 0 aliphatic heterocycles. The van der Waals surface area contributed by atoms with Gasteiger partial charge in [-0.1, -0.05) is 6.07 Å². The van der Waals surface area contributed by atoms with Crippen LogP contribution in [0, 0.1) is 22.6 Å². The van der Waals surface area contributed by atoms with Crippen molar-refractivity contribution in [2.75, 3.05) is 6.54 Å². The van der Waals surface area contributed by atoms with Crippen LogP contribution in [0.3, 0.4) is 0 Å². The third kappa shape index (κ3) is 3.92. The maximum Gasteiger partial charge on any atom is 0.137 e. The van der Waals surface area contributed by atoms with Gasteiger partial charge in [-0.15, -0.1) is 0 Å². The third-order valence-electron chi connectivity index (χ3n) is 2.18. The van der Waals surface area contributed by atoms with Crippen molar-refractivity contribution in [2.45, 2.75) is 20.4 Å². The number of hydrogen-bond donors (Lipinski definition) is 1. The lowest BCUT2D eigenvalue weighted by atomic mass is 9.96. The van der Waals surface area contributed by atoms with Crippen molar-refractivity contribution in [3.05, 3.63) is 34.1 Å². The van der Waals surface area contributed by atoms with Crippen molar-refractivity contribution >= 4 is 15.9 Å². The minimum atomic E-state index is -0.378. The fraction of sp³-hybridized carbons (Fsp3) is 0.417. The molecule has 0 saturated carbocycles. The molecule has 0 saturated heterocycles.